The van der Waals surface area contributed by atoms with E-state index in [2.05, 4.69) is 25.0 Å². The number of anilines is 1. The molecule has 0 radical (unpaired) electrons. The molecule has 0 saturated carbocycles. The zero-order valence-electron chi connectivity index (χ0n) is 16.1. The third kappa shape index (κ3) is 3.22. The van der Waals surface area contributed by atoms with Gasteiger partial charge in [-0.1, -0.05) is 0 Å². The van der Waals surface area contributed by atoms with Gasteiger partial charge in [-0.05, 0) is 31.7 Å². The zero-order valence-corrected chi connectivity index (χ0v) is 16.1. The summed E-state index contributed by atoms with van der Waals surface area (Å²) in [6.07, 6.45) is 9.32. The number of rotatable bonds is 6. The van der Waals surface area contributed by atoms with Crippen molar-refractivity contribution in [2.45, 2.75) is 31.7 Å². The average molecular weight is 384 g/mol. The Hall–Kier alpha value is -2.94. The highest BCUT2D eigenvalue weighted by atomic mass is 16.5. The number of aliphatic hydroxyl groups is 1. The van der Waals surface area contributed by atoms with Crippen LogP contribution in [0.3, 0.4) is 0 Å². The van der Waals surface area contributed by atoms with Crippen LogP contribution in [0.25, 0.3) is 16.8 Å². The summed E-state index contributed by atoms with van der Waals surface area (Å²) in [7, 11) is 3.07. The molecule has 3 aromatic heterocycles. The quantitative estimate of drug-likeness (QED) is 0.689. The van der Waals surface area contributed by atoms with Crippen molar-refractivity contribution in [1.82, 2.24) is 24.6 Å². The van der Waals surface area contributed by atoms with Crippen LogP contribution in [0, 0.1) is 0 Å². The highest BCUT2D eigenvalue weighted by Crippen LogP contribution is 2.33. The van der Waals surface area contributed by atoms with Gasteiger partial charge in [-0.3, -0.25) is 0 Å². The van der Waals surface area contributed by atoms with Gasteiger partial charge in [-0.2, -0.15) is 14.6 Å². The maximum Gasteiger partial charge on any atom is 0.319 e. The molecule has 3 aromatic rings. The Morgan fingerprint density at radius 3 is 2.82 bits per heavy atom. The number of aromatic nitrogens is 5. The van der Waals surface area contributed by atoms with Crippen LogP contribution in [-0.2, 0) is 0 Å². The van der Waals surface area contributed by atoms with Crippen LogP contribution in [0.1, 0.15) is 25.7 Å². The average Bonchev–Trinajstić information content (AvgIpc) is 3.18. The van der Waals surface area contributed by atoms with Crippen molar-refractivity contribution in [3.8, 4) is 23.0 Å². The lowest BCUT2D eigenvalue weighted by molar-refractivity contribution is 0.262. The Balaban J connectivity index is 1.79. The molecule has 0 aromatic carbocycles. The summed E-state index contributed by atoms with van der Waals surface area (Å²) in [5.41, 5.74) is 2.20. The van der Waals surface area contributed by atoms with E-state index in [0.717, 1.165) is 37.2 Å². The standard InChI is InChI=1S/C19H24N6O3/c1-27-18-15(11-21-19(23-18)28-2)14-12-22-25-16(6-8-20-17(14)25)24-9-4-3-5-13(24)7-10-26/h6,8,11-13,26H,3-5,7,9-10H2,1-2H3. The summed E-state index contributed by atoms with van der Waals surface area (Å²) in [6, 6.07) is 2.52. The van der Waals surface area contributed by atoms with Crippen LogP contribution in [0.5, 0.6) is 11.9 Å². The molecule has 0 aliphatic carbocycles. The molecule has 4 rings (SSSR count). The summed E-state index contributed by atoms with van der Waals surface area (Å²) >= 11 is 0. The van der Waals surface area contributed by atoms with Gasteiger partial charge in [0.15, 0.2) is 5.65 Å². The molecule has 0 bridgehead atoms. The van der Waals surface area contributed by atoms with E-state index >= 15 is 0 Å². The first-order chi connectivity index (χ1) is 13.8. The Labute approximate surface area is 163 Å². The van der Waals surface area contributed by atoms with Gasteiger partial charge in [0.25, 0.3) is 0 Å². The van der Waals surface area contributed by atoms with E-state index in [1.54, 1.807) is 25.7 Å². The Morgan fingerprint density at radius 1 is 1.14 bits per heavy atom. The lowest BCUT2D eigenvalue weighted by Gasteiger charge is -2.37. The molecule has 9 heteroatoms. The molecular weight excluding hydrogens is 360 g/mol. The van der Waals surface area contributed by atoms with Crippen LogP contribution >= 0.6 is 0 Å². The molecule has 1 atom stereocenters. The number of hydrogen-bond donors (Lipinski definition) is 1. The highest BCUT2D eigenvalue weighted by molar-refractivity contribution is 5.80. The van der Waals surface area contributed by atoms with Gasteiger partial charge in [0.1, 0.15) is 5.82 Å². The molecule has 148 valence electrons. The number of nitrogens with zero attached hydrogens (tertiary/aromatic N) is 6. The van der Waals surface area contributed by atoms with E-state index in [1.165, 1.54) is 13.5 Å². The molecule has 1 unspecified atom stereocenters. The monoisotopic (exact) mass is 384 g/mol. The van der Waals surface area contributed by atoms with Gasteiger partial charge in [-0.15, -0.1) is 0 Å². The minimum atomic E-state index is 0.181. The second kappa shape index (κ2) is 7.97. The van der Waals surface area contributed by atoms with Gasteiger partial charge in [-0.25, -0.2) is 9.97 Å². The normalized spacial score (nSPS) is 17.1. The summed E-state index contributed by atoms with van der Waals surface area (Å²) < 4.78 is 12.3. The van der Waals surface area contributed by atoms with Gasteiger partial charge in [0.05, 0.1) is 31.5 Å². The van der Waals surface area contributed by atoms with Crippen molar-refractivity contribution in [2.75, 3.05) is 32.3 Å². The van der Waals surface area contributed by atoms with Crippen molar-refractivity contribution < 1.29 is 14.6 Å². The number of methoxy groups -OCH3 is 2. The molecule has 9 nitrogen and oxygen atoms in total. The lowest BCUT2D eigenvalue weighted by atomic mass is 10.00. The summed E-state index contributed by atoms with van der Waals surface area (Å²) in [6.45, 7) is 1.12. The minimum absolute atomic E-state index is 0.181. The van der Waals surface area contributed by atoms with Crippen molar-refractivity contribution in [3.63, 3.8) is 0 Å². The highest BCUT2D eigenvalue weighted by Gasteiger charge is 2.25. The van der Waals surface area contributed by atoms with Gasteiger partial charge in [0.2, 0.25) is 5.88 Å². The lowest BCUT2D eigenvalue weighted by Crippen LogP contribution is -2.41. The third-order valence-corrected chi connectivity index (χ3v) is 5.16. The van der Waals surface area contributed by atoms with Gasteiger partial charge in [0, 0.05) is 31.6 Å². The fourth-order valence-electron chi connectivity index (χ4n) is 3.83. The van der Waals surface area contributed by atoms with Crippen molar-refractivity contribution in [2.24, 2.45) is 0 Å². The molecule has 4 heterocycles. The molecule has 0 amide bonds. The zero-order chi connectivity index (χ0) is 19.5. The number of piperidine rings is 1. The summed E-state index contributed by atoms with van der Waals surface area (Å²) in [5, 5.41) is 14.0. The number of aliphatic hydroxyl groups excluding tert-OH is 1. The van der Waals surface area contributed by atoms with Crippen molar-refractivity contribution in [3.05, 3.63) is 24.7 Å². The second-order valence-corrected chi connectivity index (χ2v) is 6.73. The minimum Gasteiger partial charge on any atom is -0.480 e. The third-order valence-electron chi connectivity index (χ3n) is 5.16. The van der Waals surface area contributed by atoms with Crippen LogP contribution in [0.2, 0.25) is 0 Å². The summed E-state index contributed by atoms with van der Waals surface area (Å²) in [4.78, 5) is 15.3. The molecule has 1 aliphatic heterocycles. The molecule has 1 fully saturated rings. The fraction of sp³-hybridized carbons (Fsp3) is 0.474. The van der Waals surface area contributed by atoms with E-state index in [1.807, 2.05) is 10.6 Å². The first-order valence-electron chi connectivity index (χ1n) is 9.42. The predicted octanol–water partition coefficient (Wildman–Crippen LogP) is 1.94. The molecule has 1 aliphatic rings. The van der Waals surface area contributed by atoms with E-state index in [4.69, 9.17) is 9.47 Å². The Kier molecular flexibility index (Phi) is 5.25. The van der Waals surface area contributed by atoms with Gasteiger partial charge < -0.3 is 19.5 Å². The fourth-order valence-corrected chi connectivity index (χ4v) is 3.83. The van der Waals surface area contributed by atoms with Crippen molar-refractivity contribution in [1.29, 1.82) is 0 Å². The molecule has 1 saturated heterocycles. The smallest absolute Gasteiger partial charge is 0.319 e. The van der Waals surface area contributed by atoms with E-state index in [0.29, 0.717) is 23.1 Å². The van der Waals surface area contributed by atoms with Crippen LogP contribution in [0.4, 0.5) is 5.82 Å². The number of fused-ring (bicyclic) bond motifs is 1. The molecular formula is C19H24N6O3. The van der Waals surface area contributed by atoms with Gasteiger partial charge >= 0.3 is 6.01 Å². The van der Waals surface area contributed by atoms with E-state index in [9.17, 15) is 5.11 Å². The van der Waals surface area contributed by atoms with Crippen LogP contribution < -0.4 is 14.4 Å². The Morgan fingerprint density at radius 2 is 2.04 bits per heavy atom. The maximum absolute atomic E-state index is 9.45. The van der Waals surface area contributed by atoms with E-state index in [-0.39, 0.29) is 12.6 Å². The maximum atomic E-state index is 9.45. The number of ether oxygens (including phenoxy) is 2. The predicted molar refractivity (Wildman–Crippen MR) is 104 cm³/mol. The van der Waals surface area contributed by atoms with Crippen LogP contribution in [0.15, 0.2) is 24.7 Å². The largest absolute Gasteiger partial charge is 0.480 e. The second-order valence-electron chi connectivity index (χ2n) is 6.73. The SMILES string of the molecule is COc1ncc(-c2cnn3c(N4CCCCC4CCO)ccnc23)c(OC)n1. The molecule has 0 spiro atoms. The first-order valence-corrected chi connectivity index (χ1v) is 9.42. The first kappa shape index (κ1) is 18.4. The topological polar surface area (TPSA) is 97.9 Å². The number of hydrogen-bond acceptors (Lipinski definition) is 8. The van der Waals surface area contributed by atoms with Crippen LogP contribution in [-0.4, -0.2) is 63.1 Å². The van der Waals surface area contributed by atoms with Crippen molar-refractivity contribution >= 4 is 11.5 Å². The Bertz CT molecular complexity index is 958. The molecule has 1 N–H and O–H groups in total. The summed E-state index contributed by atoms with van der Waals surface area (Å²) in [5.74, 6) is 1.38. The van der Waals surface area contributed by atoms with E-state index < -0.39 is 0 Å². The molecule has 28 heavy (non-hydrogen) atoms.